The van der Waals surface area contributed by atoms with Crippen molar-refractivity contribution >= 4 is 44.2 Å². The number of aryl methyl sites for hydroxylation is 1. The largest absolute Gasteiger partial charge is 0.449 e. The Bertz CT molecular complexity index is 1330. The summed E-state index contributed by atoms with van der Waals surface area (Å²) in [6, 6.07) is 9.75. The molecular weight excluding hydrogens is 475 g/mol. The van der Waals surface area contributed by atoms with Gasteiger partial charge in [0.1, 0.15) is 0 Å². The molecule has 3 aromatic rings. The zero-order valence-electron chi connectivity index (χ0n) is 18.5. The molecule has 0 bridgehead atoms. The van der Waals surface area contributed by atoms with Crippen LogP contribution in [0.1, 0.15) is 19.2 Å². The van der Waals surface area contributed by atoms with Gasteiger partial charge in [0.2, 0.25) is 27.7 Å². The molecular formula is C21H22F3N5O4S. The lowest BCUT2D eigenvalue weighted by Gasteiger charge is -2.13. The number of anilines is 2. The average Bonchev–Trinajstić information content (AvgIpc) is 3.11. The molecule has 13 heteroatoms. The second-order valence-electron chi connectivity index (χ2n) is 7.58. The Morgan fingerprint density at radius 2 is 1.62 bits per heavy atom. The van der Waals surface area contributed by atoms with Crippen LogP contribution in [-0.2, 0) is 32.3 Å². The van der Waals surface area contributed by atoms with E-state index >= 15 is 0 Å². The molecule has 1 aromatic heterocycles. The third-order valence-electron chi connectivity index (χ3n) is 4.80. The van der Waals surface area contributed by atoms with E-state index in [-0.39, 0.29) is 34.8 Å². The van der Waals surface area contributed by atoms with Gasteiger partial charge >= 0.3 is 6.18 Å². The number of nitrogens with zero attached hydrogens (tertiary/aromatic N) is 3. The third kappa shape index (κ3) is 5.54. The van der Waals surface area contributed by atoms with Crippen LogP contribution in [0.15, 0.2) is 47.4 Å². The highest BCUT2D eigenvalue weighted by Crippen LogP contribution is 2.32. The lowest BCUT2D eigenvalue weighted by molar-refractivity contribution is -0.147. The highest BCUT2D eigenvalue weighted by molar-refractivity contribution is 7.89. The third-order valence-corrected chi connectivity index (χ3v) is 6.61. The number of alkyl halides is 3. The van der Waals surface area contributed by atoms with Crippen molar-refractivity contribution in [2.45, 2.75) is 31.0 Å². The number of amides is 2. The summed E-state index contributed by atoms with van der Waals surface area (Å²) in [5.41, 5.74) is 0.840. The van der Waals surface area contributed by atoms with E-state index in [0.717, 1.165) is 14.9 Å². The average molecular weight is 497 g/mol. The number of sulfonamides is 1. The second kappa shape index (κ2) is 9.43. The molecule has 182 valence electrons. The summed E-state index contributed by atoms with van der Waals surface area (Å²) in [7, 11) is -1.24. The Labute approximate surface area is 193 Å². The minimum Gasteiger partial charge on any atom is -0.326 e. The molecule has 0 atom stereocenters. The zero-order valence-corrected chi connectivity index (χ0v) is 19.3. The van der Waals surface area contributed by atoms with Crippen LogP contribution >= 0.6 is 0 Å². The van der Waals surface area contributed by atoms with Gasteiger partial charge in [0.25, 0.3) is 0 Å². The van der Waals surface area contributed by atoms with Crippen LogP contribution in [0.4, 0.5) is 24.5 Å². The molecule has 34 heavy (non-hydrogen) atoms. The fourth-order valence-corrected chi connectivity index (χ4v) is 4.12. The van der Waals surface area contributed by atoms with E-state index in [1.165, 1.54) is 33.2 Å². The van der Waals surface area contributed by atoms with Crippen molar-refractivity contribution in [1.82, 2.24) is 13.9 Å². The number of benzene rings is 2. The van der Waals surface area contributed by atoms with Gasteiger partial charge in [-0.15, -0.1) is 0 Å². The van der Waals surface area contributed by atoms with Crippen molar-refractivity contribution in [1.29, 1.82) is 0 Å². The van der Waals surface area contributed by atoms with Crippen LogP contribution in [0.2, 0.25) is 0 Å². The minimum absolute atomic E-state index is 0.0532. The Balaban J connectivity index is 1.82. The van der Waals surface area contributed by atoms with E-state index in [9.17, 15) is 31.2 Å². The highest BCUT2D eigenvalue weighted by Gasteiger charge is 2.38. The van der Waals surface area contributed by atoms with E-state index in [4.69, 9.17) is 0 Å². The van der Waals surface area contributed by atoms with Crippen molar-refractivity contribution in [3.63, 3.8) is 0 Å². The molecule has 2 amide bonds. The maximum Gasteiger partial charge on any atom is 0.449 e. The molecule has 9 nitrogen and oxygen atoms in total. The molecule has 0 aliphatic rings. The molecule has 0 saturated heterocycles. The lowest BCUT2D eigenvalue weighted by atomic mass is 10.2. The number of hydrogen-bond acceptors (Lipinski definition) is 5. The predicted molar refractivity (Wildman–Crippen MR) is 120 cm³/mol. The monoisotopic (exact) mass is 497 g/mol. The standard InChI is InChI=1S/C21H22F3N5O4S/c1-13(30)25-14-4-6-15(7-5-14)26-19(31)10-11-29-18-9-8-16(34(32,33)28(2)3)12-17(18)27-20(29)21(22,23)24/h4-9,12H,10-11H2,1-3H3,(H,25,30)(H,26,31). The molecule has 1 heterocycles. The Hall–Kier alpha value is -3.45. The van der Waals surface area contributed by atoms with Gasteiger partial charge in [-0.2, -0.15) is 13.2 Å². The fourth-order valence-electron chi connectivity index (χ4n) is 3.20. The molecule has 0 unspecified atom stereocenters. The van der Waals surface area contributed by atoms with Crippen LogP contribution in [0.25, 0.3) is 11.0 Å². The maximum atomic E-state index is 13.6. The van der Waals surface area contributed by atoms with Crippen LogP contribution in [-0.4, -0.2) is 48.2 Å². The smallest absolute Gasteiger partial charge is 0.326 e. The number of carbonyl (C=O) groups is 2. The van der Waals surface area contributed by atoms with Gasteiger partial charge in [0.15, 0.2) is 0 Å². The second-order valence-corrected chi connectivity index (χ2v) is 9.73. The number of aromatic nitrogens is 2. The number of halogens is 3. The van der Waals surface area contributed by atoms with E-state index in [1.54, 1.807) is 24.3 Å². The first-order chi connectivity index (χ1) is 15.8. The fraction of sp³-hybridized carbons (Fsp3) is 0.286. The normalized spacial score (nSPS) is 12.2. The number of rotatable bonds is 7. The molecule has 0 fully saturated rings. The Morgan fingerprint density at radius 3 is 2.15 bits per heavy atom. The van der Waals surface area contributed by atoms with Crippen molar-refractivity contribution in [3.05, 3.63) is 48.3 Å². The van der Waals surface area contributed by atoms with Crippen molar-refractivity contribution < 1.29 is 31.2 Å². The first-order valence-corrected chi connectivity index (χ1v) is 11.4. The van der Waals surface area contributed by atoms with Crippen LogP contribution in [0.5, 0.6) is 0 Å². The number of fused-ring (bicyclic) bond motifs is 1. The molecule has 2 aromatic carbocycles. The van der Waals surface area contributed by atoms with E-state index in [1.807, 2.05) is 0 Å². The summed E-state index contributed by atoms with van der Waals surface area (Å²) in [5, 5.41) is 5.16. The summed E-state index contributed by atoms with van der Waals surface area (Å²) in [5.74, 6) is -2.01. The van der Waals surface area contributed by atoms with Gasteiger partial charge in [-0.3, -0.25) is 9.59 Å². The van der Waals surface area contributed by atoms with Crippen molar-refractivity contribution in [2.24, 2.45) is 0 Å². The number of hydrogen-bond donors (Lipinski definition) is 2. The van der Waals surface area contributed by atoms with E-state index < -0.39 is 27.9 Å². The summed E-state index contributed by atoms with van der Waals surface area (Å²) >= 11 is 0. The number of imidazole rings is 1. The summed E-state index contributed by atoms with van der Waals surface area (Å²) in [4.78, 5) is 26.8. The molecule has 0 spiro atoms. The molecule has 0 saturated carbocycles. The molecule has 2 N–H and O–H groups in total. The number of nitrogens with one attached hydrogen (secondary N) is 2. The summed E-state index contributed by atoms with van der Waals surface area (Å²) in [6.45, 7) is 1.02. The zero-order chi connectivity index (χ0) is 25.3. The maximum absolute atomic E-state index is 13.6. The first-order valence-electron chi connectivity index (χ1n) is 9.96. The van der Waals surface area contributed by atoms with E-state index in [0.29, 0.717) is 11.4 Å². The Kier molecular flexibility index (Phi) is 6.98. The van der Waals surface area contributed by atoms with Crippen molar-refractivity contribution in [3.8, 4) is 0 Å². The van der Waals surface area contributed by atoms with Gasteiger partial charge in [0.05, 0.1) is 15.9 Å². The summed E-state index contributed by atoms with van der Waals surface area (Å²) in [6.07, 6.45) is -5.10. The molecule has 0 aliphatic heterocycles. The molecule has 3 rings (SSSR count). The van der Waals surface area contributed by atoms with Crippen molar-refractivity contribution in [2.75, 3.05) is 24.7 Å². The van der Waals surface area contributed by atoms with Gasteiger partial charge in [-0.25, -0.2) is 17.7 Å². The van der Waals surface area contributed by atoms with Gasteiger partial charge in [0, 0.05) is 45.4 Å². The minimum atomic E-state index is -4.81. The quantitative estimate of drug-likeness (QED) is 0.520. The molecule has 0 radical (unpaired) electrons. The molecule has 0 aliphatic carbocycles. The first kappa shape index (κ1) is 25.2. The van der Waals surface area contributed by atoms with Crippen LogP contribution < -0.4 is 10.6 Å². The van der Waals surface area contributed by atoms with Gasteiger partial charge < -0.3 is 15.2 Å². The van der Waals surface area contributed by atoms with Crippen LogP contribution in [0, 0.1) is 0 Å². The predicted octanol–water partition coefficient (Wildman–Crippen LogP) is 3.29. The van der Waals surface area contributed by atoms with Gasteiger partial charge in [-0.1, -0.05) is 0 Å². The SMILES string of the molecule is CC(=O)Nc1ccc(NC(=O)CCn2c(C(F)(F)F)nc3cc(S(=O)(=O)N(C)C)ccc32)cc1. The number of carbonyl (C=O) groups excluding carboxylic acids is 2. The van der Waals surface area contributed by atoms with Gasteiger partial charge in [-0.05, 0) is 42.5 Å². The Morgan fingerprint density at radius 1 is 1.03 bits per heavy atom. The topological polar surface area (TPSA) is 113 Å². The summed E-state index contributed by atoms with van der Waals surface area (Å²) < 4.78 is 67.3. The highest BCUT2D eigenvalue weighted by atomic mass is 32.2. The van der Waals surface area contributed by atoms with Crippen LogP contribution in [0.3, 0.4) is 0 Å². The lowest BCUT2D eigenvalue weighted by Crippen LogP contribution is -2.22. The van der Waals surface area contributed by atoms with E-state index in [2.05, 4.69) is 15.6 Å².